The third-order valence-electron chi connectivity index (χ3n) is 5.88. The summed E-state index contributed by atoms with van der Waals surface area (Å²) >= 11 is 0. The van der Waals surface area contributed by atoms with Crippen LogP contribution in [-0.2, 0) is 4.79 Å². The third-order valence-corrected chi connectivity index (χ3v) is 5.88. The molecule has 1 aliphatic heterocycles. The zero-order valence-electron chi connectivity index (χ0n) is 20.0. The highest BCUT2D eigenvalue weighted by Gasteiger charge is 2.32. The molecular weight excluding hydrogens is 466 g/mol. The van der Waals surface area contributed by atoms with E-state index >= 15 is 0 Å². The molecule has 0 atom stereocenters. The summed E-state index contributed by atoms with van der Waals surface area (Å²) in [6, 6.07) is 13.6. The molecule has 10 heteroatoms. The Morgan fingerprint density at radius 3 is 1.94 bits per heavy atom. The fourth-order valence-electron chi connectivity index (χ4n) is 4.15. The lowest BCUT2D eigenvalue weighted by Gasteiger charge is -2.27. The summed E-state index contributed by atoms with van der Waals surface area (Å²) < 4.78 is 15.7. The van der Waals surface area contributed by atoms with Crippen molar-refractivity contribution in [1.29, 1.82) is 0 Å². The van der Waals surface area contributed by atoms with Gasteiger partial charge in [-0.25, -0.2) is 0 Å². The van der Waals surface area contributed by atoms with E-state index in [9.17, 15) is 19.2 Å². The number of rotatable bonds is 8. The Labute approximate surface area is 207 Å². The molecule has 4 rings (SSSR count). The number of amides is 4. The Morgan fingerprint density at radius 2 is 1.42 bits per heavy atom. The van der Waals surface area contributed by atoms with Gasteiger partial charge in [-0.15, -0.1) is 0 Å². The minimum Gasteiger partial charge on any atom is -0.493 e. The molecule has 0 unspecified atom stereocenters. The molecule has 3 aromatic rings. The van der Waals surface area contributed by atoms with E-state index in [1.54, 1.807) is 24.3 Å². The van der Waals surface area contributed by atoms with Gasteiger partial charge in [-0.3, -0.25) is 34.9 Å². The molecule has 0 saturated carbocycles. The standard InChI is InChI=1S/C26H25N3O7/c1-34-19-13-16(14-20(35-2)23(19)36-3)24(31)28-27-21(30)11-6-12-29-25(32)17-9-4-7-15-8-5-10-18(22(15)17)26(29)33/h4-5,7-10,13-14H,6,11-12H2,1-3H3,(H,27,30)(H,28,31). The second kappa shape index (κ2) is 10.3. The molecule has 0 aromatic heterocycles. The number of imide groups is 1. The van der Waals surface area contributed by atoms with Gasteiger partial charge in [-0.2, -0.15) is 0 Å². The molecule has 0 aliphatic carbocycles. The minimum absolute atomic E-state index is 0.0154. The molecule has 2 N–H and O–H groups in total. The van der Waals surface area contributed by atoms with E-state index in [2.05, 4.69) is 10.9 Å². The van der Waals surface area contributed by atoms with E-state index in [0.29, 0.717) is 33.8 Å². The number of hydrogen-bond donors (Lipinski definition) is 2. The highest BCUT2D eigenvalue weighted by Crippen LogP contribution is 2.38. The van der Waals surface area contributed by atoms with E-state index in [4.69, 9.17) is 14.2 Å². The average molecular weight is 492 g/mol. The maximum Gasteiger partial charge on any atom is 0.269 e. The van der Waals surface area contributed by atoms with Crippen LogP contribution in [0.4, 0.5) is 0 Å². The lowest BCUT2D eigenvalue weighted by molar-refractivity contribution is -0.122. The van der Waals surface area contributed by atoms with E-state index in [-0.39, 0.29) is 36.8 Å². The molecule has 186 valence electrons. The van der Waals surface area contributed by atoms with Crippen LogP contribution in [0.2, 0.25) is 0 Å². The molecule has 4 amide bonds. The first kappa shape index (κ1) is 24.5. The predicted octanol–water partition coefficient (Wildman–Crippen LogP) is 2.70. The molecular formula is C26H25N3O7. The van der Waals surface area contributed by atoms with Crippen LogP contribution < -0.4 is 25.1 Å². The number of carbonyl (C=O) groups excluding carboxylic acids is 4. The second-order valence-electron chi connectivity index (χ2n) is 7.99. The number of methoxy groups -OCH3 is 3. The highest BCUT2D eigenvalue weighted by molar-refractivity contribution is 6.25. The monoisotopic (exact) mass is 491 g/mol. The van der Waals surface area contributed by atoms with Gasteiger partial charge in [0.1, 0.15) is 0 Å². The quantitative estimate of drug-likeness (QED) is 0.367. The van der Waals surface area contributed by atoms with Gasteiger partial charge in [-0.05, 0) is 36.1 Å². The van der Waals surface area contributed by atoms with Gasteiger partial charge >= 0.3 is 0 Å². The molecule has 0 bridgehead atoms. The lowest BCUT2D eigenvalue weighted by atomic mass is 9.94. The Kier molecular flexibility index (Phi) is 7.05. The van der Waals surface area contributed by atoms with Crippen molar-refractivity contribution >= 4 is 34.4 Å². The van der Waals surface area contributed by atoms with E-state index in [1.807, 2.05) is 12.1 Å². The number of hydrogen-bond acceptors (Lipinski definition) is 7. The largest absolute Gasteiger partial charge is 0.493 e. The summed E-state index contributed by atoms with van der Waals surface area (Å²) in [4.78, 5) is 51.8. The fourth-order valence-corrected chi connectivity index (χ4v) is 4.15. The van der Waals surface area contributed by atoms with E-state index in [1.165, 1.54) is 33.5 Å². The van der Waals surface area contributed by atoms with Crippen molar-refractivity contribution < 1.29 is 33.4 Å². The van der Waals surface area contributed by atoms with Gasteiger partial charge in [0.25, 0.3) is 17.7 Å². The second-order valence-corrected chi connectivity index (χ2v) is 7.99. The molecule has 36 heavy (non-hydrogen) atoms. The summed E-state index contributed by atoms with van der Waals surface area (Å²) in [5.41, 5.74) is 5.78. The summed E-state index contributed by atoms with van der Waals surface area (Å²) in [7, 11) is 4.31. The van der Waals surface area contributed by atoms with Gasteiger partial charge < -0.3 is 14.2 Å². The molecule has 0 radical (unpaired) electrons. The van der Waals surface area contributed by atoms with Crippen LogP contribution in [0.3, 0.4) is 0 Å². The van der Waals surface area contributed by atoms with Crippen LogP contribution >= 0.6 is 0 Å². The summed E-state index contributed by atoms with van der Waals surface area (Å²) in [6.07, 6.45) is 0.208. The van der Waals surface area contributed by atoms with Crippen LogP contribution in [-0.4, -0.2) is 56.4 Å². The first-order chi connectivity index (χ1) is 17.4. The predicted molar refractivity (Wildman–Crippen MR) is 130 cm³/mol. The van der Waals surface area contributed by atoms with Crippen molar-refractivity contribution in [2.75, 3.05) is 27.9 Å². The van der Waals surface area contributed by atoms with E-state index < -0.39 is 11.8 Å². The maximum absolute atomic E-state index is 12.9. The van der Waals surface area contributed by atoms with Crippen LogP contribution in [0.5, 0.6) is 17.2 Å². The Hall–Kier alpha value is -4.60. The van der Waals surface area contributed by atoms with Crippen molar-refractivity contribution in [3.8, 4) is 17.2 Å². The molecule has 10 nitrogen and oxygen atoms in total. The van der Waals surface area contributed by atoms with Crippen LogP contribution in [0.15, 0.2) is 48.5 Å². The molecule has 1 heterocycles. The third kappa shape index (κ3) is 4.52. The first-order valence-corrected chi connectivity index (χ1v) is 11.2. The molecule has 3 aromatic carbocycles. The fraction of sp³-hybridized carbons (Fsp3) is 0.231. The van der Waals surface area contributed by atoms with E-state index in [0.717, 1.165) is 10.3 Å². The molecule has 0 fully saturated rings. The first-order valence-electron chi connectivity index (χ1n) is 11.2. The Balaban J connectivity index is 1.34. The van der Waals surface area contributed by atoms with Crippen molar-refractivity contribution in [3.05, 3.63) is 65.2 Å². The maximum atomic E-state index is 12.9. The summed E-state index contributed by atoms with van der Waals surface area (Å²) in [5, 5.41) is 1.48. The number of nitrogens with one attached hydrogen (secondary N) is 2. The number of hydrazine groups is 1. The normalized spacial score (nSPS) is 12.4. The van der Waals surface area contributed by atoms with Gasteiger partial charge in [0.2, 0.25) is 11.7 Å². The Bertz CT molecular complexity index is 1290. The lowest BCUT2D eigenvalue weighted by Crippen LogP contribution is -2.43. The highest BCUT2D eigenvalue weighted by atomic mass is 16.5. The number of nitrogens with zero attached hydrogens (tertiary/aromatic N) is 1. The van der Waals surface area contributed by atoms with Crippen molar-refractivity contribution in [2.24, 2.45) is 0 Å². The summed E-state index contributed by atoms with van der Waals surface area (Å²) in [6.45, 7) is 0.0661. The van der Waals surface area contributed by atoms with Crippen molar-refractivity contribution in [2.45, 2.75) is 12.8 Å². The smallest absolute Gasteiger partial charge is 0.269 e. The van der Waals surface area contributed by atoms with Crippen molar-refractivity contribution in [3.63, 3.8) is 0 Å². The van der Waals surface area contributed by atoms with Crippen LogP contribution in [0, 0.1) is 0 Å². The Morgan fingerprint density at radius 1 is 0.833 bits per heavy atom. The van der Waals surface area contributed by atoms with Gasteiger partial charge in [0.15, 0.2) is 11.5 Å². The van der Waals surface area contributed by atoms with Gasteiger partial charge in [0.05, 0.1) is 21.3 Å². The molecule has 0 saturated heterocycles. The number of ether oxygens (including phenoxy) is 3. The van der Waals surface area contributed by atoms with Crippen LogP contribution in [0.25, 0.3) is 10.8 Å². The zero-order valence-corrected chi connectivity index (χ0v) is 20.0. The van der Waals surface area contributed by atoms with Gasteiger partial charge in [0, 0.05) is 35.0 Å². The summed E-state index contributed by atoms with van der Waals surface area (Å²) in [5.74, 6) is -0.922. The number of benzene rings is 3. The topological polar surface area (TPSA) is 123 Å². The van der Waals surface area contributed by atoms with Gasteiger partial charge in [-0.1, -0.05) is 24.3 Å². The molecule has 0 spiro atoms. The number of carbonyl (C=O) groups is 4. The molecule has 1 aliphatic rings. The zero-order chi connectivity index (χ0) is 25.8. The minimum atomic E-state index is -0.589. The van der Waals surface area contributed by atoms with Crippen molar-refractivity contribution in [1.82, 2.24) is 15.8 Å². The van der Waals surface area contributed by atoms with Crippen LogP contribution in [0.1, 0.15) is 43.9 Å². The SMILES string of the molecule is COc1cc(C(=O)NNC(=O)CCCN2C(=O)c3cccc4cccc(c34)C2=O)cc(OC)c1OC. The average Bonchev–Trinajstić information content (AvgIpc) is 2.91.